The van der Waals surface area contributed by atoms with Crippen LogP contribution in [0.1, 0.15) is 28.9 Å². The minimum Gasteiger partial charge on any atom is -0.371 e. The maximum atomic E-state index is 13.0. The minimum atomic E-state index is -0.215. The van der Waals surface area contributed by atoms with Gasteiger partial charge in [-0.25, -0.2) is 4.98 Å². The summed E-state index contributed by atoms with van der Waals surface area (Å²) in [6.07, 6.45) is 5.50. The van der Waals surface area contributed by atoms with Gasteiger partial charge in [0, 0.05) is 55.6 Å². The molecule has 6 nitrogen and oxygen atoms in total. The van der Waals surface area contributed by atoms with E-state index < -0.39 is 0 Å². The maximum Gasteiger partial charge on any atom is 0.258 e. The van der Waals surface area contributed by atoms with E-state index in [4.69, 9.17) is 11.6 Å². The number of nitrogens with one attached hydrogen (secondary N) is 1. The van der Waals surface area contributed by atoms with Gasteiger partial charge in [-0.15, -0.1) is 0 Å². The number of aryl methyl sites for hydroxylation is 1. The van der Waals surface area contributed by atoms with Crippen LogP contribution in [0.3, 0.4) is 0 Å². The number of aromatic nitrogens is 2. The number of nitrogens with zero attached hydrogens (tertiary/aromatic N) is 4. The molecule has 3 aromatic rings. The lowest BCUT2D eigenvalue weighted by molar-refractivity contribution is 0.102. The smallest absolute Gasteiger partial charge is 0.258 e. The molecule has 0 bridgehead atoms. The van der Waals surface area contributed by atoms with Gasteiger partial charge >= 0.3 is 0 Å². The van der Waals surface area contributed by atoms with Crippen LogP contribution in [-0.2, 0) is 0 Å². The zero-order valence-electron chi connectivity index (χ0n) is 17.8. The third-order valence-electron chi connectivity index (χ3n) is 5.78. The van der Waals surface area contributed by atoms with Crippen LogP contribution in [0.5, 0.6) is 0 Å². The summed E-state index contributed by atoms with van der Waals surface area (Å²) < 4.78 is 0. The number of halogens is 1. The highest BCUT2D eigenvalue weighted by Crippen LogP contribution is 2.28. The zero-order valence-corrected chi connectivity index (χ0v) is 18.5. The topological polar surface area (TPSA) is 61.4 Å². The van der Waals surface area contributed by atoms with Gasteiger partial charge < -0.3 is 15.1 Å². The molecule has 0 atom stereocenters. The molecule has 0 aliphatic carbocycles. The van der Waals surface area contributed by atoms with Crippen molar-refractivity contribution in [3.8, 4) is 0 Å². The molecular formula is C24H26ClN5O. The first-order valence-electron chi connectivity index (χ1n) is 10.4. The number of para-hydroxylation sites is 1. The molecule has 31 heavy (non-hydrogen) atoms. The highest BCUT2D eigenvalue weighted by molar-refractivity contribution is 6.33. The average molecular weight is 436 g/mol. The maximum absolute atomic E-state index is 13.0. The first kappa shape index (κ1) is 21.1. The largest absolute Gasteiger partial charge is 0.371 e. The minimum absolute atomic E-state index is 0.215. The van der Waals surface area contributed by atoms with Crippen molar-refractivity contribution in [2.75, 3.05) is 35.3 Å². The fraction of sp³-hybridized carbons (Fsp3) is 0.292. The second-order valence-corrected chi connectivity index (χ2v) is 8.20. The van der Waals surface area contributed by atoms with Crippen LogP contribution in [0, 0.1) is 6.92 Å². The summed E-state index contributed by atoms with van der Waals surface area (Å²) in [6.45, 7) is 3.96. The molecule has 3 heterocycles. The Balaban J connectivity index is 1.46. The Hall–Kier alpha value is -3.12. The highest BCUT2D eigenvalue weighted by Gasteiger charge is 2.25. The third kappa shape index (κ3) is 4.80. The zero-order chi connectivity index (χ0) is 21.8. The fourth-order valence-corrected chi connectivity index (χ4v) is 4.23. The SMILES string of the molecule is Cc1cc(N2CCC(N(C)c3ccccc3C(=O)Nc3ncccc3Cl)CC2)ccn1. The Kier molecular flexibility index (Phi) is 6.37. The van der Waals surface area contributed by atoms with E-state index in [-0.39, 0.29) is 5.91 Å². The van der Waals surface area contributed by atoms with Crippen molar-refractivity contribution in [2.24, 2.45) is 0 Å². The van der Waals surface area contributed by atoms with Gasteiger partial charge in [-0.3, -0.25) is 9.78 Å². The molecule has 1 N–H and O–H groups in total. The molecule has 1 amide bonds. The molecular weight excluding hydrogens is 410 g/mol. The molecule has 1 fully saturated rings. The van der Waals surface area contributed by atoms with Gasteiger partial charge in [0.25, 0.3) is 5.91 Å². The van der Waals surface area contributed by atoms with Gasteiger partial charge in [0.2, 0.25) is 0 Å². The molecule has 1 saturated heterocycles. The van der Waals surface area contributed by atoms with Crippen LogP contribution < -0.4 is 15.1 Å². The van der Waals surface area contributed by atoms with Gasteiger partial charge in [0.1, 0.15) is 0 Å². The number of carbonyl (C=O) groups excluding carboxylic acids is 1. The quantitative estimate of drug-likeness (QED) is 0.624. The summed E-state index contributed by atoms with van der Waals surface area (Å²) in [5.74, 6) is 0.153. The van der Waals surface area contributed by atoms with Gasteiger partial charge in [0.15, 0.2) is 5.82 Å². The van der Waals surface area contributed by atoms with Crippen molar-refractivity contribution in [3.05, 3.63) is 77.2 Å². The second kappa shape index (κ2) is 9.35. The number of pyridine rings is 2. The predicted octanol–water partition coefficient (Wildman–Crippen LogP) is 4.80. The molecule has 1 aliphatic heterocycles. The molecule has 4 rings (SSSR count). The average Bonchev–Trinajstić information content (AvgIpc) is 2.80. The molecule has 0 spiro atoms. The van der Waals surface area contributed by atoms with E-state index in [2.05, 4.69) is 44.3 Å². The molecule has 1 aromatic carbocycles. The number of benzene rings is 1. The normalized spacial score (nSPS) is 14.4. The number of hydrogen-bond donors (Lipinski definition) is 1. The second-order valence-electron chi connectivity index (χ2n) is 7.79. The fourth-order valence-electron chi connectivity index (χ4n) is 4.06. The summed E-state index contributed by atoms with van der Waals surface area (Å²) in [6, 6.07) is 15.7. The first-order valence-corrected chi connectivity index (χ1v) is 10.8. The van der Waals surface area contributed by atoms with Crippen molar-refractivity contribution in [1.82, 2.24) is 9.97 Å². The molecule has 0 saturated carbocycles. The number of carbonyl (C=O) groups is 1. The van der Waals surface area contributed by atoms with E-state index >= 15 is 0 Å². The van der Waals surface area contributed by atoms with Crippen molar-refractivity contribution in [2.45, 2.75) is 25.8 Å². The number of rotatable bonds is 5. The molecule has 2 aromatic heterocycles. The molecule has 0 unspecified atom stereocenters. The number of piperidine rings is 1. The van der Waals surface area contributed by atoms with Crippen LogP contribution in [0.15, 0.2) is 60.9 Å². The lowest BCUT2D eigenvalue weighted by Crippen LogP contribution is -2.44. The summed E-state index contributed by atoms with van der Waals surface area (Å²) in [5, 5.41) is 3.25. The summed E-state index contributed by atoms with van der Waals surface area (Å²) >= 11 is 6.16. The van der Waals surface area contributed by atoms with E-state index in [0.29, 0.717) is 22.4 Å². The highest BCUT2D eigenvalue weighted by atomic mass is 35.5. The van der Waals surface area contributed by atoms with Crippen LogP contribution in [0.4, 0.5) is 17.2 Å². The van der Waals surface area contributed by atoms with Crippen LogP contribution in [0.25, 0.3) is 0 Å². The Morgan fingerprint density at radius 3 is 2.61 bits per heavy atom. The van der Waals surface area contributed by atoms with Crippen molar-refractivity contribution in [1.29, 1.82) is 0 Å². The van der Waals surface area contributed by atoms with E-state index in [9.17, 15) is 4.79 Å². The van der Waals surface area contributed by atoms with E-state index in [0.717, 1.165) is 37.3 Å². The van der Waals surface area contributed by atoms with E-state index in [1.54, 1.807) is 18.3 Å². The Morgan fingerprint density at radius 1 is 1.10 bits per heavy atom. The predicted molar refractivity (Wildman–Crippen MR) is 126 cm³/mol. The summed E-state index contributed by atoms with van der Waals surface area (Å²) in [7, 11) is 2.07. The van der Waals surface area contributed by atoms with E-state index in [1.165, 1.54) is 5.69 Å². The lowest BCUT2D eigenvalue weighted by Gasteiger charge is -2.39. The third-order valence-corrected chi connectivity index (χ3v) is 6.08. The molecule has 7 heteroatoms. The van der Waals surface area contributed by atoms with Crippen LogP contribution >= 0.6 is 11.6 Å². The van der Waals surface area contributed by atoms with Gasteiger partial charge in [-0.05, 0) is 56.2 Å². The van der Waals surface area contributed by atoms with Crippen molar-refractivity contribution < 1.29 is 4.79 Å². The molecule has 1 aliphatic rings. The van der Waals surface area contributed by atoms with Crippen LogP contribution in [0.2, 0.25) is 5.02 Å². The van der Waals surface area contributed by atoms with Gasteiger partial charge in [-0.2, -0.15) is 0 Å². The first-order chi connectivity index (χ1) is 15.0. The van der Waals surface area contributed by atoms with Gasteiger partial charge in [-0.1, -0.05) is 23.7 Å². The Morgan fingerprint density at radius 2 is 1.87 bits per heavy atom. The summed E-state index contributed by atoms with van der Waals surface area (Å²) in [5.41, 5.74) is 3.77. The molecule has 0 radical (unpaired) electrons. The molecule has 160 valence electrons. The van der Waals surface area contributed by atoms with Crippen LogP contribution in [-0.4, -0.2) is 42.1 Å². The van der Waals surface area contributed by atoms with Crippen molar-refractivity contribution >= 4 is 34.7 Å². The Labute approximate surface area is 187 Å². The number of anilines is 3. The van der Waals surface area contributed by atoms with E-state index in [1.807, 2.05) is 37.4 Å². The summed E-state index contributed by atoms with van der Waals surface area (Å²) in [4.78, 5) is 26.1. The number of hydrogen-bond acceptors (Lipinski definition) is 5. The Bertz CT molecular complexity index is 1070. The standard InChI is InChI=1S/C24H26ClN5O/c1-17-16-19(9-13-26-17)30-14-10-18(11-15-30)29(2)22-8-4-3-6-20(22)24(31)28-23-21(25)7-5-12-27-23/h3-9,12-13,16,18H,10-11,14-15H2,1-2H3,(H,27,28,31). The monoisotopic (exact) mass is 435 g/mol. The number of amides is 1. The lowest BCUT2D eigenvalue weighted by atomic mass is 10.0. The van der Waals surface area contributed by atoms with Gasteiger partial charge in [0.05, 0.1) is 10.6 Å². The van der Waals surface area contributed by atoms with Crippen molar-refractivity contribution in [3.63, 3.8) is 0 Å².